The highest BCUT2D eigenvalue weighted by molar-refractivity contribution is 7.99. The molecule has 0 saturated carbocycles. The summed E-state index contributed by atoms with van der Waals surface area (Å²) in [5.74, 6) is 2.01. The molecule has 0 spiro atoms. The van der Waals surface area contributed by atoms with E-state index < -0.39 is 0 Å². The van der Waals surface area contributed by atoms with Gasteiger partial charge in [0.05, 0.1) is 11.8 Å². The number of benzene rings is 1. The molecule has 1 aromatic heterocycles. The number of hydrogen-bond donors (Lipinski definition) is 2. The number of aromatic nitrogens is 2. The van der Waals surface area contributed by atoms with Crippen LogP contribution in [0.25, 0.3) is 0 Å². The van der Waals surface area contributed by atoms with E-state index in [0.717, 1.165) is 28.6 Å². The average molecular weight is 324 g/mol. The van der Waals surface area contributed by atoms with E-state index in [0.29, 0.717) is 5.75 Å². The SMILES string of the molecule is CCC(NC(=O)CSCc1cccc(Cl)c1)c1ncc[nH]1. The summed E-state index contributed by atoms with van der Waals surface area (Å²) in [7, 11) is 0. The summed E-state index contributed by atoms with van der Waals surface area (Å²) in [6.07, 6.45) is 4.26. The minimum atomic E-state index is -0.0562. The fourth-order valence-corrected chi connectivity index (χ4v) is 2.96. The van der Waals surface area contributed by atoms with Crippen molar-refractivity contribution >= 4 is 29.3 Å². The molecule has 0 fully saturated rings. The molecule has 0 saturated heterocycles. The van der Waals surface area contributed by atoms with Crippen molar-refractivity contribution in [2.75, 3.05) is 5.75 Å². The maximum Gasteiger partial charge on any atom is 0.230 e. The summed E-state index contributed by atoms with van der Waals surface area (Å²) in [6.45, 7) is 2.02. The van der Waals surface area contributed by atoms with Gasteiger partial charge in [-0.3, -0.25) is 4.79 Å². The molecule has 0 aliphatic carbocycles. The van der Waals surface area contributed by atoms with Crippen LogP contribution in [0.5, 0.6) is 0 Å². The van der Waals surface area contributed by atoms with Crippen LogP contribution in [0, 0.1) is 0 Å². The highest BCUT2D eigenvalue weighted by atomic mass is 35.5. The molecule has 2 aromatic rings. The molecule has 1 amide bonds. The predicted octanol–water partition coefficient (Wildman–Crippen LogP) is 3.56. The highest BCUT2D eigenvalue weighted by Crippen LogP contribution is 2.17. The third kappa shape index (κ3) is 5.10. The zero-order valence-corrected chi connectivity index (χ0v) is 13.4. The van der Waals surface area contributed by atoms with Gasteiger partial charge in [0.25, 0.3) is 0 Å². The molecule has 0 bridgehead atoms. The molecule has 1 aromatic carbocycles. The molecule has 6 heteroatoms. The van der Waals surface area contributed by atoms with Crippen molar-refractivity contribution in [2.24, 2.45) is 0 Å². The number of carbonyl (C=O) groups excluding carboxylic acids is 1. The summed E-state index contributed by atoms with van der Waals surface area (Å²) in [4.78, 5) is 19.2. The Morgan fingerprint density at radius 2 is 2.38 bits per heavy atom. The normalized spacial score (nSPS) is 12.1. The fraction of sp³-hybridized carbons (Fsp3) is 0.333. The molecule has 1 atom stereocenters. The number of aromatic amines is 1. The third-order valence-corrected chi connectivity index (χ3v) is 4.22. The summed E-state index contributed by atoms with van der Waals surface area (Å²) >= 11 is 7.50. The van der Waals surface area contributed by atoms with Crippen LogP contribution in [0.15, 0.2) is 36.7 Å². The average Bonchev–Trinajstić information content (AvgIpc) is 2.99. The van der Waals surface area contributed by atoms with E-state index in [1.54, 1.807) is 24.2 Å². The predicted molar refractivity (Wildman–Crippen MR) is 87.4 cm³/mol. The maximum atomic E-state index is 12.0. The van der Waals surface area contributed by atoms with Gasteiger partial charge < -0.3 is 10.3 Å². The Balaban J connectivity index is 1.77. The van der Waals surface area contributed by atoms with Crippen molar-refractivity contribution in [1.82, 2.24) is 15.3 Å². The molecule has 4 nitrogen and oxygen atoms in total. The van der Waals surface area contributed by atoms with E-state index in [1.165, 1.54) is 0 Å². The van der Waals surface area contributed by atoms with Gasteiger partial charge in [0.2, 0.25) is 5.91 Å². The van der Waals surface area contributed by atoms with E-state index in [9.17, 15) is 4.79 Å². The monoisotopic (exact) mass is 323 g/mol. The zero-order chi connectivity index (χ0) is 15.1. The van der Waals surface area contributed by atoms with Crippen LogP contribution in [0.3, 0.4) is 0 Å². The maximum absolute atomic E-state index is 12.0. The van der Waals surface area contributed by atoms with Crippen LogP contribution in [-0.4, -0.2) is 21.6 Å². The van der Waals surface area contributed by atoms with E-state index in [2.05, 4.69) is 15.3 Å². The zero-order valence-electron chi connectivity index (χ0n) is 11.8. The minimum absolute atomic E-state index is 0.0188. The quantitative estimate of drug-likeness (QED) is 0.819. The number of thioether (sulfide) groups is 1. The molecular formula is C15H18ClN3OS. The van der Waals surface area contributed by atoms with Gasteiger partial charge in [0.1, 0.15) is 5.82 Å². The molecule has 0 radical (unpaired) electrons. The lowest BCUT2D eigenvalue weighted by Crippen LogP contribution is -2.30. The van der Waals surface area contributed by atoms with Gasteiger partial charge in [-0.05, 0) is 24.1 Å². The Hall–Kier alpha value is -1.46. The van der Waals surface area contributed by atoms with Gasteiger partial charge in [-0.15, -0.1) is 11.8 Å². The molecule has 0 aliphatic heterocycles. The van der Waals surface area contributed by atoms with Gasteiger partial charge in [0, 0.05) is 23.2 Å². The summed E-state index contributed by atoms with van der Waals surface area (Å²) in [5.41, 5.74) is 1.12. The Morgan fingerprint density at radius 3 is 3.05 bits per heavy atom. The molecule has 0 aliphatic rings. The first-order valence-corrected chi connectivity index (χ1v) is 8.33. The Kier molecular flexibility index (Phi) is 6.14. The number of amides is 1. The van der Waals surface area contributed by atoms with Crippen LogP contribution in [0.1, 0.15) is 30.8 Å². The van der Waals surface area contributed by atoms with Crippen molar-refractivity contribution < 1.29 is 4.79 Å². The Bertz CT molecular complexity index is 574. The van der Waals surface area contributed by atoms with Crippen LogP contribution < -0.4 is 5.32 Å². The largest absolute Gasteiger partial charge is 0.347 e. The Labute approximate surface area is 133 Å². The Morgan fingerprint density at radius 1 is 1.52 bits per heavy atom. The van der Waals surface area contributed by atoms with E-state index in [1.807, 2.05) is 31.2 Å². The molecular weight excluding hydrogens is 306 g/mol. The molecule has 112 valence electrons. The van der Waals surface area contributed by atoms with E-state index in [4.69, 9.17) is 11.6 Å². The van der Waals surface area contributed by atoms with Gasteiger partial charge in [0.15, 0.2) is 0 Å². The van der Waals surface area contributed by atoms with Crippen LogP contribution in [0.2, 0.25) is 5.02 Å². The lowest BCUT2D eigenvalue weighted by atomic mass is 10.2. The standard InChI is InChI=1S/C15H18ClN3OS/c1-2-13(15-17-6-7-18-15)19-14(20)10-21-9-11-4-3-5-12(16)8-11/h3-8,13H,2,9-10H2,1H3,(H,17,18)(H,19,20). The number of imidazole rings is 1. The third-order valence-electron chi connectivity index (χ3n) is 2.98. The van der Waals surface area contributed by atoms with Gasteiger partial charge in [-0.2, -0.15) is 0 Å². The first-order chi connectivity index (χ1) is 10.2. The second kappa shape index (κ2) is 8.10. The lowest BCUT2D eigenvalue weighted by molar-refractivity contribution is -0.119. The number of nitrogens with one attached hydrogen (secondary N) is 2. The topological polar surface area (TPSA) is 57.8 Å². The smallest absolute Gasteiger partial charge is 0.230 e. The van der Waals surface area contributed by atoms with Gasteiger partial charge in [-0.25, -0.2) is 4.98 Å². The lowest BCUT2D eigenvalue weighted by Gasteiger charge is -2.14. The first-order valence-electron chi connectivity index (χ1n) is 6.80. The van der Waals surface area contributed by atoms with E-state index >= 15 is 0 Å². The molecule has 1 unspecified atom stereocenters. The van der Waals surface area contributed by atoms with E-state index in [-0.39, 0.29) is 11.9 Å². The molecule has 2 rings (SSSR count). The van der Waals surface area contributed by atoms with Crippen molar-refractivity contribution in [3.05, 3.63) is 53.1 Å². The van der Waals surface area contributed by atoms with Crippen molar-refractivity contribution in [1.29, 1.82) is 0 Å². The number of rotatable bonds is 7. The second-order valence-electron chi connectivity index (χ2n) is 4.63. The van der Waals surface area contributed by atoms with Crippen LogP contribution >= 0.6 is 23.4 Å². The molecule has 2 N–H and O–H groups in total. The van der Waals surface area contributed by atoms with Crippen molar-refractivity contribution in [3.8, 4) is 0 Å². The molecule has 21 heavy (non-hydrogen) atoms. The van der Waals surface area contributed by atoms with Crippen molar-refractivity contribution in [2.45, 2.75) is 25.1 Å². The minimum Gasteiger partial charge on any atom is -0.347 e. The van der Waals surface area contributed by atoms with Crippen LogP contribution in [-0.2, 0) is 10.5 Å². The number of halogens is 1. The first kappa shape index (κ1) is 15.9. The summed E-state index contributed by atoms with van der Waals surface area (Å²) in [6, 6.07) is 7.64. The summed E-state index contributed by atoms with van der Waals surface area (Å²) in [5, 5.41) is 3.71. The molecule has 1 heterocycles. The highest BCUT2D eigenvalue weighted by Gasteiger charge is 2.14. The number of nitrogens with zero attached hydrogens (tertiary/aromatic N) is 1. The number of carbonyl (C=O) groups is 1. The van der Waals surface area contributed by atoms with Crippen LogP contribution in [0.4, 0.5) is 0 Å². The number of H-pyrrole nitrogens is 1. The number of hydrogen-bond acceptors (Lipinski definition) is 3. The fourth-order valence-electron chi connectivity index (χ4n) is 1.96. The second-order valence-corrected chi connectivity index (χ2v) is 6.05. The van der Waals surface area contributed by atoms with Crippen molar-refractivity contribution in [3.63, 3.8) is 0 Å². The van der Waals surface area contributed by atoms with Gasteiger partial charge >= 0.3 is 0 Å². The summed E-state index contributed by atoms with van der Waals surface area (Å²) < 4.78 is 0. The van der Waals surface area contributed by atoms with Gasteiger partial charge in [-0.1, -0.05) is 30.7 Å².